The lowest BCUT2D eigenvalue weighted by atomic mass is 9.98. The van der Waals surface area contributed by atoms with Gasteiger partial charge in [0.05, 0.1) is 6.04 Å². The van der Waals surface area contributed by atoms with Crippen LogP contribution >= 0.6 is 33.9 Å². The Kier molecular flexibility index (Phi) is 4.05. The lowest BCUT2D eigenvalue weighted by Gasteiger charge is -2.18. The summed E-state index contributed by atoms with van der Waals surface area (Å²) in [6.45, 7) is 0. The molecule has 1 heterocycles. The summed E-state index contributed by atoms with van der Waals surface area (Å²) in [6, 6.07) is 13.4. The molecular weight excluding hydrogens is 384 g/mol. The Morgan fingerprint density at radius 2 is 1.95 bits per heavy atom. The third-order valence-electron chi connectivity index (χ3n) is 3.38. The minimum absolute atomic E-state index is 0.0821. The first kappa shape index (κ1) is 14.0. The van der Waals surface area contributed by atoms with E-state index >= 15 is 0 Å². The zero-order chi connectivity index (χ0) is 14.1. The molecule has 0 amide bonds. The molecule has 4 heteroatoms. The Bertz CT molecular complexity index is 753. The Labute approximate surface area is 135 Å². The quantitative estimate of drug-likeness (QED) is 0.617. The van der Waals surface area contributed by atoms with E-state index in [1.807, 2.05) is 13.1 Å². The number of nitrogens with one attached hydrogen (secondary N) is 1. The van der Waals surface area contributed by atoms with Crippen LogP contribution in [0.15, 0.2) is 47.8 Å². The molecule has 0 saturated heterocycles. The van der Waals surface area contributed by atoms with Crippen molar-refractivity contribution in [2.45, 2.75) is 6.04 Å². The molecule has 0 aliphatic rings. The molecule has 0 aliphatic carbocycles. The van der Waals surface area contributed by atoms with Crippen LogP contribution in [0.5, 0.6) is 0 Å². The number of hydrogen-bond donors (Lipinski definition) is 1. The van der Waals surface area contributed by atoms with Crippen LogP contribution in [0.25, 0.3) is 10.1 Å². The van der Waals surface area contributed by atoms with Crippen molar-refractivity contribution in [3.05, 3.63) is 68.4 Å². The standard InChI is InChI=1S/C16H13FINS/c1-19-16(12-7-6-10(17)8-14(12)18)13-9-20-15-5-3-2-4-11(13)15/h2-9,16,19H,1H3. The van der Waals surface area contributed by atoms with E-state index in [0.29, 0.717) is 0 Å². The summed E-state index contributed by atoms with van der Waals surface area (Å²) >= 11 is 3.94. The highest BCUT2D eigenvalue weighted by atomic mass is 127. The van der Waals surface area contributed by atoms with Crippen LogP contribution in [0.2, 0.25) is 0 Å². The second kappa shape index (κ2) is 5.79. The molecule has 0 fully saturated rings. The molecule has 0 saturated carbocycles. The molecule has 20 heavy (non-hydrogen) atoms. The summed E-state index contributed by atoms with van der Waals surface area (Å²) in [5.74, 6) is -0.192. The highest BCUT2D eigenvalue weighted by Crippen LogP contribution is 2.34. The summed E-state index contributed by atoms with van der Waals surface area (Å²) in [5, 5.41) is 6.80. The van der Waals surface area contributed by atoms with Crippen molar-refractivity contribution in [3.63, 3.8) is 0 Å². The van der Waals surface area contributed by atoms with Crippen LogP contribution in [-0.4, -0.2) is 7.05 Å². The minimum Gasteiger partial charge on any atom is -0.309 e. The molecular formula is C16H13FINS. The van der Waals surface area contributed by atoms with Crippen molar-refractivity contribution in [3.8, 4) is 0 Å². The molecule has 3 rings (SSSR count). The summed E-state index contributed by atoms with van der Waals surface area (Å²) in [7, 11) is 1.94. The zero-order valence-corrected chi connectivity index (χ0v) is 13.8. The van der Waals surface area contributed by atoms with E-state index in [1.54, 1.807) is 17.4 Å². The predicted molar refractivity (Wildman–Crippen MR) is 91.8 cm³/mol. The maximum Gasteiger partial charge on any atom is 0.124 e. The van der Waals surface area contributed by atoms with Crippen LogP contribution in [0, 0.1) is 9.39 Å². The highest BCUT2D eigenvalue weighted by Gasteiger charge is 2.18. The van der Waals surface area contributed by atoms with Crippen LogP contribution in [0.4, 0.5) is 4.39 Å². The summed E-state index contributed by atoms with van der Waals surface area (Å²) < 4.78 is 15.5. The molecule has 2 aromatic carbocycles. The van der Waals surface area contributed by atoms with Crippen molar-refractivity contribution >= 4 is 44.0 Å². The molecule has 1 atom stereocenters. The summed E-state index contributed by atoms with van der Waals surface area (Å²) in [4.78, 5) is 0. The van der Waals surface area contributed by atoms with Crippen molar-refractivity contribution in [2.24, 2.45) is 0 Å². The second-order valence-corrected chi connectivity index (χ2v) is 6.65. The molecule has 1 unspecified atom stereocenters. The normalized spacial score (nSPS) is 12.8. The molecule has 1 nitrogen and oxygen atoms in total. The zero-order valence-electron chi connectivity index (χ0n) is 10.9. The first-order valence-electron chi connectivity index (χ1n) is 6.29. The SMILES string of the molecule is CNC(c1ccc(F)cc1I)c1csc2ccccc12. The molecule has 3 aromatic rings. The lowest BCUT2D eigenvalue weighted by Crippen LogP contribution is -2.18. The predicted octanol–water partition coefficient (Wildman–Crippen LogP) is 4.95. The Hall–Kier alpha value is -0.980. The van der Waals surface area contributed by atoms with Gasteiger partial charge in [-0.05, 0) is 69.7 Å². The lowest BCUT2D eigenvalue weighted by molar-refractivity contribution is 0.622. The maximum atomic E-state index is 13.3. The van der Waals surface area contributed by atoms with Crippen molar-refractivity contribution in [2.75, 3.05) is 7.05 Å². The largest absolute Gasteiger partial charge is 0.309 e. The van der Waals surface area contributed by atoms with E-state index in [2.05, 4.69) is 57.6 Å². The van der Waals surface area contributed by atoms with Crippen molar-refractivity contribution in [1.29, 1.82) is 0 Å². The minimum atomic E-state index is -0.192. The topological polar surface area (TPSA) is 12.0 Å². The van der Waals surface area contributed by atoms with E-state index in [-0.39, 0.29) is 11.9 Å². The van der Waals surface area contributed by atoms with Crippen LogP contribution < -0.4 is 5.32 Å². The molecule has 0 spiro atoms. The first-order chi connectivity index (χ1) is 9.70. The van der Waals surface area contributed by atoms with Gasteiger partial charge in [-0.1, -0.05) is 24.3 Å². The van der Waals surface area contributed by atoms with Gasteiger partial charge >= 0.3 is 0 Å². The second-order valence-electron chi connectivity index (χ2n) is 4.57. The Morgan fingerprint density at radius 3 is 2.70 bits per heavy atom. The number of benzene rings is 2. The number of hydrogen-bond acceptors (Lipinski definition) is 2. The third kappa shape index (κ3) is 2.47. The van der Waals surface area contributed by atoms with E-state index in [0.717, 1.165) is 9.13 Å². The van der Waals surface area contributed by atoms with Gasteiger partial charge in [0.15, 0.2) is 0 Å². The number of rotatable bonds is 3. The molecule has 1 N–H and O–H groups in total. The van der Waals surface area contributed by atoms with Gasteiger partial charge < -0.3 is 5.32 Å². The van der Waals surface area contributed by atoms with Gasteiger partial charge in [-0.3, -0.25) is 0 Å². The smallest absolute Gasteiger partial charge is 0.124 e. The number of halogens is 2. The fraction of sp³-hybridized carbons (Fsp3) is 0.125. The van der Waals surface area contributed by atoms with E-state index < -0.39 is 0 Å². The third-order valence-corrected chi connectivity index (χ3v) is 5.30. The van der Waals surface area contributed by atoms with Gasteiger partial charge in [0.1, 0.15) is 5.82 Å². The fourth-order valence-electron chi connectivity index (χ4n) is 2.44. The summed E-state index contributed by atoms with van der Waals surface area (Å²) in [5.41, 5.74) is 2.36. The average Bonchev–Trinajstić information content (AvgIpc) is 2.86. The van der Waals surface area contributed by atoms with Gasteiger partial charge in [0, 0.05) is 8.27 Å². The highest BCUT2D eigenvalue weighted by molar-refractivity contribution is 14.1. The molecule has 0 radical (unpaired) electrons. The van der Waals surface area contributed by atoms with Crippen molar-refractivity contribution in [1.82, 2.24) is 5.32 Å². The Morgan fingerprint density at radius 1 is 1.15 bits per heavy atom. The molecule has 1 aromatic heterocycles. The first-order valence-corrected chi connectivity index (χ1v) is 8.25. The molecule has 0 aliphatic heterocycles. The van der Waals surface area contributed by atoms with Crippen LogP contribution in [0.3, 0.4) is 0 Å². The van der Waals surface area contributed by atoms with Gasteiger partial charge in [-0.2, -0.15) is 0 Å². The van der Waals surface area contributed by atoms with Crippen molar-refractivity contribution < 1.29 is 4.39 Å². The average molecular weight is 397 g/mol. The van der Waals surface area contributed by atoms with Gasteiger partial charge in [0.2, 0.25) is 0 Å². The molecule has 102 valence electrons. The van der Waals surface area contributed by atoms with E-state index in [4.69, 9.17) is 0 Å². The van der Waals surface area contributed by atoms with Gasteiger partial charge in [0.25, 0.3) is 0 Å². The summed E-state index contributed by atoms with van der Waals surface area (Å²) in [6.07, 6.45) is 0. The number of thiophene rings is 1. The number of fused-ring (bicyclic) bond motifs is 1. The van der Waals surface area contributed by atoms with Gasteiger partial charge in [-0.25, -0.2) is 4.39 Å². The van der Waals surface area contributed by atoms with Crippen LogP contribution in [0.1, 0.15) is 17.2 Å². The monoisotopic (exact) mass is 397 g/mol. The van der Waals surface area contributed by atoms with Crippen LogP contribution in [-0.2, 0) is 0 Å². The van der Waals surface area contributed by atoms with E-state index in [9.17, 15) is 4.39 Å². The fourth-order valence-corrected chi connectivity index (χ4v) is 4.21. The van der Waals surface area contributed by atoms with E-state index in [1.165, 1.54) is 21.7 Å². The molecule has 0 bridgehead atoms. The Balaban J connectivity index is 2.14. The van der Waals surface area contributed by atoms with Gasteiger partial charge in [-0.15, -0.1) is 11.3 Å². The maximum absolute atomic E-state index is 13.3.